The summed E-state index contributed by atoms with van der Waals surface area (Å²) in [5.74, 6) is 0.00797. The standard InChI is InChI=1S/C8H18N2O2/c1-3-10(8(11)7-9)5-4-6-12-2/h3-7,9H2,1-2H3. The maximum Gasteiger partial charge on any atom is 0.236 e. The summed E-state index contributed by atoms with van der Waals surface area (Å²) in [6.45, 7) is 4.19. The van der Waals surface area contributed by atoms with Crippen LogP contribution in [0.2, 0.25) is 0 Å². The third-order valence-corrected chi connectivity index (χ3v) is 1.69. The molecule has 0 unspecified atom stereocenters. The minimum Gasteiger partial charge on any atom is -0.385 e. The zero-order valence-corrected chi connectivity index (χ0v) is 7.88. The topological polar surface area (TPSA) is 55.6 Å². The molecule has 0 aromatic heterocycles. The van der Waals surface area contributed by atoms with Crippen molar-refractivity contribution in [1.82, 2.24) is 4.90 Å². The average molecular weight is 174 g/mol. The van der Waals surface area contributed by atoms with Gasteiger partial charge in [0.05, 0.1) is 6.54 Å². The number of likely N-dealkylation sites (N-methyl/N-ethyl adjacent to an activating group) is 1. The maximum absolute atomic E-state index is 11.1. The molecule has 0 rings (SSSR count). The lowest BCUT2D eigenvalue weighted by Crippen LogP contribution is -2.36. The minimum atomic E-state index is 0.00797. The molecule has 0 aliphatic rings. The fraction of sp³-hybridized carbons (Fsp3) is 0.875. The Hall–Kier alpha value is -0.610. The van der Waals surface area contributed by atoms with Crippen LogP contribution >= 0.6 is 0 Å². The molecule has 4 nitrogen and oxygen atoms in total. The van der Waals surface area contributed by atoms with Crippen LogP contribution in [0, 0.1) is 0 Å². The molecule has 0 aliphatic heterocycles. The molecule has 0 bridgehead atoms. The van der Waals surface area contributed by atoms with Crippen molar-refractivity contribution in [3.8, 4) is 0 Å². The number of rotatable bonds is 6. The normalized spacial score (nSPS) is 9.92. The van der Waals surface area contributed by atoms with Gasteiger partial charge in [0.15, 0.2) is 0 Å². The van der Waals surface area contributed by atoms with Gasteiger partial charge in [-0.2, -0.15) is 0 Å². The first kappa shape index (κ1) is 11.4. The van der Waals surface area contributed by atoms with Crippen molar-refractivity contribution in [2.75, 3.05) is 33.4 Å². The molecule has 1 amide bonds. The van der Waals surface area contributed by atoms with Gasteiger partial charge in [0.2, 0.25) is 5.91 Å². The number of carbonyl (C=O) groups is 1. The average Bonchev–Trinajstić information content (AvgIpc) is 2.11. The largest absolute Gasteiger partial charge is 0.385 e. The number of methoxy groups -OCH3 is 1. The second kappa shape index (κ2) is 7.06. The lowest BCUT2D eigenvalue weighted by atomic mass is 10.3. The van der Waals surface area contributed by atoms with Gasteiger partial charge in [-0.1, -0.05) is 0 Å². The molecule has 0 aromatic rings. The van der Waals surface area contributed by atoms with Crippen molar-refractivity contribution in [3.63, 3.8) is 0 Å². The Labute approximate surface area is 73.7 Å². The second-order valence-electron chi connectivity index (χ2n) is 2.52. The summed E-state index contributed by atoms with van der Waals surface area (Å²) in [5.41, 5.74) is 5.23. The molecule has 0 aliphatic carbocycles. The van der Waals surface area contributed by atoms with Gasteiger partial charge in [-0.15, -0.1) is 0 Å². The Balaban J connectivity index is 3.60. The van der Waals surface area contributed by atoms with Crippen molar-refractivity contribution in [2.24, 2.45) is 5.73 Å². The Morgan fingerprint density at radius 1 is 1.58 bits per heavy atom. The van der Waals surface area contributed by atoms with Gasteiger partial charge in [0, 0.05) is 26.8 Å². The maximum atomic E-state index is 11.1. The van der Waals surface area contributed by atoms with Crippen LogP contribution in [0.25, 0.3) is 0 Å². The number of carbonyl (C=O) groups excluding carboxylic acids is 1. The van der Waals surface area contributed by atoms with E-state index in [0.29, 0.717) is 6.61 Å². The minimum absolute atomic E-state index is 0.00797. The van der Waals surface area contributed by atoms with E-state index in [-0.39, 0.29) is 12.5 Å². The lowest BCUT2D eigenvalue weighted by Gasteiger charge is -2.19. The first-order valence-electron chi connectivity index (χ1n) is 4.23. The van der Waals surface area contributed by atoms with Crippen molar-refractivity contribution < 1.29 is 9.53 Å². The van der Waals surface area contributed by atoms with Crippen LogP contribution in [0.15, 0.2) is 0 Å². The highest BCUT2D eigenvalue weighted by atomic mass is 16.5. The van der Waals surface area contributed by atoms with E-state index >= 15 is 0 Å². The van der Waals surface area contributed by atoms with Crippen molar-refractivity contribution in [2.45, 2.75) is 13.3 Å². The highest BCUT2D eigenvalue weighted by molar-refractivity contribution is 5.77. The van der Waals surface area contributed by atoms with Gasteiger partial charge in [0.1, 0.15) is 0 Å². The van der Waals surface area contributed by atoms with Gasteiger partial charge < -0.3 is 15.4 Å². The highest BCUT2D eigenvalue weighted by Crippen LogP contribution is 1.91. The fourth-order valence-corrected chi connectivity index (χ4v) is 0.988. The number of nitrogens with two attached hydrogens (primary N) is 1. The summed E-state index contributed by atoms with van der Waals surface area (Å²) in [7, 11) is 1.65. The van der Waals surface area contributed by atoms with Crippen LogP contribution in [-0.2, 0) is 9.53 Å². The third kappa shape index (κ3) is 4.31. The van der Waals surface area contributed by atoms with Crippen LogP contribution in [0.4, 0.5) is 0 Å². The predicted octanol–water partition coefficient (Wildman–Crippen LogP) is -0.170. The highest BCUT2D eigenvalue weighted by Gasteiger charge is 2.07. The number of nitrogens with zero attached hydrogens (tertiary/aromatic N) is 1. The molecule has 2 N–H and O–H groups in total. The second-order valence-corrected chi connectivity index (χ2v) is 2.52. The molecule has 0 aromatic carbocycles. The SMILES string of the molecule is CCN(CCCOC)C(=O)CN. The Kier molecular flexibility index (Phi) is 6.70. The van der Waals surface area contributed by atoms with Gasteiger partial charge in [-0.3, -0.25) is 4.79 Å². The van der Waals surface area contributed by atoms with Crippen LogP contribution in [-0.4, -0.2) is 44.2 Å². The zero-order valence-electron chi connectivity index (χ0n) is 7.88. The van der Waals surface area contributed by atoms with E-state index in [1.54, 1.807) is 12.0 Å². The third-order valence-electron chi connectivity index (χ3n) is 1.69. The van der Waals surface area contributed by atoms with Crippen molar-refractivity contribution in [3.05, 3.63) is 0 Å². The van der Waals surface area contributed by atoms with E-state index in [0.717, 1.165) is 19.5 Å². The van der Waals surface area contributed by atoms with Crippen molar-refractivity contribution >= 4 is 5.91 Å². The van der Waals surface area contributed by atoms with E-state index in [1.807, 2.05) is 6.92 Å². The van der Waals surface area contributed by atoms with Crippen LogP contribution < -0.4 is 5.73 Å². The first-order chi connectivity index (χ1) is 5.76. The molecule has 0 radical (unpaired) electrons. The molecular formula is C8H18N2O2. The Morgan fingerprint density at radius 2 is 2.25 bits per heavy atom. The molecular weight excluding hydrogens is 156 g/mol. The van der Waals surface area contributed by atoms with E-state index in [1.165, 1.54) is 0 Å². The van der Waals surface area contributed by atoms with E-state index in [4.69, 9.17) is 10.5 Å². The van der Waals surface area contributed by atoms with E-state index in [9.17, 15) is 4.79 Å². The fourth-order valence-electron chi connectivity index (χ4n) is 0.988. The molecule has 0 spiro atoms. The molecule has 12 heavy (non-hydrogen) atoms. The number of hydrogen-bond acceptors (Lipinski definition) is 3. The molecule has 0 saturated heterocycles. The molecule has 0 atom stereocenters. The van der Waals surface area contributed by atoms with E-state index < -0.39 is 0 Å². The smallest absolute Gasteiger partial charge is 0.236 e. The van der Waals surface area contributed by atoms with Crippen molar-refractivity contribution in [1.29, 1.82) is 0 Å². The van der Waals surface area contributed by atoms with Gasteiger partial charge >= 0.3 is 0 Å². The Bertz CT molecular complexity index is 128. The number of ether oxygens (including phenoxy) is 1. The summed E-state index contributed by atoms with van der Waals surface area (Å²) < 4.78 is 4.88. The van der Waals surface area contributed by atoms with Crippen LogP contribution in [0.3, 0.4) is 0 Å². The Morgan fingerprint density at radius 3 is 2.67 bits per heavy atom. The number of hydrogen-bond donors (Lipinski definition) is 1. The van der Waals surface area contributed by atoms with Crippen LogP contribution in [0.1, 0.15) is 13.3 Å². The zero-order chi connectivity index (χ0) is 9.40. The summed E-state index contributed by atoms with van der Waals surface area (Å²) in [5, 5.41) is 0. The summed E-state index contributed by atoms with van der Waals surface area (Å²) >= 11 is 0. The monoisotopic (exact) mass is 174 g/mol. The lowest BCUT2D eigenvalue weighted by molar-refractivity contribution is -0.129. The summed E-state index contributed by atoms with van der Waals surface area (Å²) in [4.78, 5) is 12.8. The summed E-state index contributed by atoms with van der Waals surface area (Å²) in [6.07, 6.45) is 0.871. The quantitative estimate of drug-likeness (QED) is 0.569. The molecule has 0 fully saturated rings. The predicted molar refractivity (Wildman–Crippen MR) is 47.8 cm³/mol. The van der Waals surface area contributed by atoms with Crippen LogP contribution in [0.5, 0.6) is 0 Å². The molecule has 0 heterocycles. The number of amides is 1. The molecule has 4 heteroatoms. The molecule has 0 saturated carbocycles. The van der Waals surface area contributed by atoms with Gasteiger partial charge in [-0.05, 0) is 13.3 Å². The summed E-state index contributed by atoms with van der Waals surface area (Å²) in [6, 6.07) is 0. The van der Waals surface area contributed by atoms with E-state index in [2.05, 4.69) is 0 Å². The van der Waals surface area contributed by atoms with Gasteiger partial charge in [-0.25, -0.2) is 0 Å². The first-order valence-corrected chi connectivity index (χ1v) is 4.23. The molecule has 72 valence electrons. The van der Waals surface area contributed by atoms with Gasteiger partial charge in [0.25, 0.3) is 0 Å².